The van der Waals surface area contributed by atoms with Crippen LogP contribution in [0.15, 0.2) is 48.4 Å². The summed E-state index contributed by atoms with van der Waals surface area (Å²) in [6.45, 7) is 0.229. The van der Waals surface area contributed by atoms with Crippen molar-refractivity contribution in [3.63, 3.8) is 0 Å². The number of rotatable bonds is 9. The molecule has 0 fully saturated rings. The lowest BCUT2D eigenvalue weighted by Crippen LogP contribution is -2.12. The Kier molecular flexibility index (Phi) is 6.20. The van der Waals surface area contributed by atoms with E-state index < -0.39 is 6.67 Å². The van der Waals surface area contributed by atoms with Gasteiger partial charge in [-0.25, -0.2) is 9.37 Å². The van der Waals surface area contributed by atoms with Gasteiger partial charge in [0.1, 0.15) is 23.1 Å². The Morgan fingerprint density at radius 1 is 1.33 bits per heavy atom. The van der Waals surface area contributed by atoms with Crippen LogP contribution in [-0.2, 0) is 11.3 Å². The molecule has 4 rings (SSSR count). The third kappa shape index (κ3) is 4.58. The van der Waals surface area contributed by atoms with Crippen molar-refractivity contribution in [2.24, 2.45) is 0 Å². The quantitative estimate of drug-likeness (QED) is 0.397. The van der Waals surface area contributed by atoms with Crippen molar-refractivity contribution in [1.29, 1.82) is 0 Å². The maximum absolute atomic E-state index is 12.8. The minimum absolute atomic E-state index is 0.0424. The number of aromatic nitrogens is 6. The third-order valence-corrected chi connectivity index (χ3v) is 4.98. The Balaban J connectivity index is 1.54. The second kappa shape index (κ2) is 9.37. The minimum atomic E-state index is -0.534. The number of halogens is 1. The Morgan fingerprint density at radius 3 is 3.03 bits per heavy atom. The summed E-state index contributed by atoms with van der Waals surface area (Å²) < 4.78 is 19.0. The third-order valence-electron chi connectivity index (χ3n) is 4.09. The fourth-order valence-electron chi connectivity index (χ4n) is 2.70. The van der Waals surface area contributed by atoms with Gasteiger partial charge in [0.15, 0.2) is 0 Å². The number of H-pyrrole nitrogens is 1. The molecule has 30 heavy (non-hydrogen) atoms. The van der Waals surface area contributed by atoms with Crippen LogP contribution in [0.4, 0.5) is 10.1 Å². The Labute approximate surface area is 175 Å². The molecule has 0 aromatic carbocycles. The highest BCUT2D eigenvalue weighted by Gasteiger charge is 2.18. The number of ether oxygens (including phenoxy) is 1. The number of nitrogens with zero attached hydrogens (tertiary/aromatic N) is 5. The predicted octanol–water partition coefficient (Wildman–Crippen LogP) is 3.03. The van der Waals surface area contributed by atoms with E-state index in [0.29, 0.717) is 40.9 Å². The fourth-order valence-corrected chi connectivity index (χ4v) is 3.48. The molecular weight excluding hydrogens is 409 g/mol. The number of nitrogens with one attached hydrogen (secondary N) is 2. The van der Waals surface area contributed by atoms with Gasteiger partial charge in [-0.1, -0.05) is 6.07 Å². The maximum Gasteiger partial charge on any atom is 0.275 e. The van der Waals surface area contributed by atoms with E-state index in [9.17, 15) is 9.18 Å². The summed E-state index contributed by atoms with van der Waals surface area (Å²) in [6.07, 6.45) is 6.72. The SMILES string of the molecule is O=C(Nc1cn(CCOCCF)nc1-c1ccccn1)c1csc(-c2cn[nH]c2)n1. The van der Waals surface area contributed by atoms with Crippen LogP contribution < -0.4 is 5.32 Å². The molecule has 2 N–H and O–H groups in total. The smallest absolute Gasteiger partial charge is 0.275 e. The maximum atomic E-state index is 12.8. The summed E-state index contributed by atoms with van der Waals surface area (Å²) in [7, 11) is 0. The van der Waals surface area contributed by atoms with E-state index >= 15 is 0 Å². The van der Waals surface area contributed by atoms with Crippen molar-refractivity contribution < 1.29 is 13.9 Å². The first-order chi connectivity index (χ1) is 14.7. The van der Waals surface area contributed by atoms with Crippen molar-refractivity contribution in [1.82, 2.24) is 29.9 Å². The van der Waals surface area contributed by atoms with Crippen LogP contribution in [0.2, 0.25) is 0 Å². The molecule has 11 heteroatoms. The van der Waals surface area contributed by atoms with Gasteiger partial charge in [-0.3, -0.25) is 19.6 Å². The van der Waals surface area contributed by atoms with Crippen LogP contribution >= 0.6 is 11.3 Å². The highest BCUT2D eigenvalue weighted by Crippen LogP contribution is 2.27. The molecule has 154 valence electrons. The number of carbonyl (C=O) groups is 1. The highest BCUT2D eigenvalue weighted by molar-refractivity contribution is 7.13. The standard InChI is InChI=1S/C19H18FN7O2S/c20-4-7-29-8-6-27-11-15(17(26-27)14-3-1-2-5-21-14)24-18(28)16-12-30-19(25-16)13-9-22-23-10-13/h1-3,5,9-12H,4,6-8H2,(H,22,23)(H,24,28). The molecule has 4 aromatic heterocycles. The van der Waals surface area contributed by atoms with E-state index in [4.69, 9.17) is 4.74 Å². The van der Waals surface area contributed by atoms with Gasteiger partial charge in [-0.05, 0) is 12.1 Å². The average molecular weight is 427 g/mol. The molecule has 9 nitrogen and oxygen atoms in total. The number of pyridine rings is 1. The summed E-state index contributed by atoms with van der Waals surface area (Å²) in [5.41, 5.74) is 2.76. The molecule has 0 aliphatic rings. The molecule has 0 bridgehead atoms. The summed E-state index contributed by atoms with van der Waals surface area (Å²) in [5.74, 6) is -0.355. The molecule has 0 unspecified atom stereocenters. The number of anilines is 1. The molecule has 4 aromatic rings. The molecule has 4 heterocycles. The Hall–Kier alpha value is -3.44. The molecule has 0 atom stereocenters. The van der Waals surface area contributed by atoms with Crippen LogP contribution in [0.3, 0.4) is 0 Å². The van der Waals surface area contributed by atoms with E-state index in [-0.39, 0.29) is 12.5 Å². The lowest BCUT2D eigenvalue weighted by molar-refractivity contribution is 0.102. The Bertz CT molecular complexity index is 1100. The molecule has 0 saturated carbocycles. The van der Waals surface area contributed by atoms with Gasteiger partial charge in [-0.2, -0.15) is 10.2 Å². The first kappa shape index (κ1) is 19.9. The first-order valence-electron chi connectivity index (χ1n) is 9.13. The van der Waals surface area contributed by atoms with E-state index in [1.165, 1.54) is 11.3 Å². The Morgan fingerprint density at radius 2 is 2.27 bits per heavy atom. The molecule has 1 amide bonds. The zero-order valence-electron chi connectivity index (χ0n) is 15.8. The van der Waals surface area contributed by atoms with Gasteiger partial charge in [0, 0.05) is 29.5 Å². The van der Waals surface area contributed by atoms with Crippen LogP contribution in [0.5, 0.6) is 0 Å². The number of hydrogen-bond acceptors (Lipinski definition) is 7. The monoisotopic (exact) mass is 427 g/mol. The number of carbonyl (C=O) groups excluding carboxylic acids is 1. The number of amides is 1. The average Bonchev–Trinajstić information content (AvgIpc) is 3.52. The summed E-state index contributed by atoms with van der Waals surface area (Å²) in [4.78, 5) is 21.5. The largest absolute Gasteiger partial charge is 0.377 e. The molecule has 0 aliphatic carbocycles. The molecule has 0 radical (unpaired) electrons. The van der Waals surface area contributed by atoms with Crippen LogP contribution in [0.1, 0.15) is 10.5 Å². The number of aromatic amines is 1. The summed E-state index contributed by atoms with van der Waals surface area (Å²) in [6, 6.07) is 5.45. The van der Waals surface area contributed by atoms with Crippen LogP contribution in [-0.4, -0.2) is 55.7 Å². The summed E-state index contributed by atoms with van der Waals surface area (Å²) >= 11 is 1.36. The first-order valence-corrected chi connectivity index (χ1v) is 10.0. The lowest BCUT2D eigenvalue weighted by atomic mass is 10.2. The predicted molar refractivity (Wildman–Crippen MR) is 110 cm³/mol. The van der Waals surface area contributed by atoms with E-state index in [1.54, 1.807) is 40.9 Å². The van der Waals surface area contributed by atoms with E-state index in [2.05, 4.69) is 30.6 Å². The molecule has 0 aliphatic heterocycles. The molecule has 0 saturated heterocycles. The zero-order chi connectivity index (χ0) is 20.8. The molecule has 0 spiro atoms. The van der Waals surface area contributed by atoms with Crippen molar-refractivity contribution in [2.45, 2.75) is 6.54 Å². The van der Waals surface area contributed by atoms with Gasteiger partial charge in [0.05, 0.1) is 37.3 Å². The second-order valence-electron chi connectivity index (χ2n) is 6.15. The van der Waals surface area contributed by atoms with Crippen molar-refractivity contribution in [3.05, 3.63) is 54.1 Å². The molecular formula is C19H18FN7O2S. The zero-order valence-corrected chi connectivity index (χ0v) is 16.6. The van der Waals surface area contributed by atoms with Gasteiger partial charge < -0.3 is 10.1 Å². The van der Waals surface area contributed by atoms with Gasteiger partial charge in [-0.15, -0.1) is 11.3 Å². The van der Waals surface area contributed by atoms with Gasteiger partial charge >= 0.3 is 0 Å². The van der Waals surface area contributed by atoms with Gasteiger partial charge in [0.2, 0.25) is 0 Å². The van der Waals surface area contributed by atoms with Gasteiger partial charge in [0.25, 0.3) is 5.91 Å². The lowest BCUT2D eigenvalue weighted by Gasteiger charge is -2.03. The second-order valence-corrected chi connectivity index (χ2v) is 7.01. The number of thiazole rings is 1. The van der Waals surface area contributed by atoms with Crippen LogP contribution in [0, 0.1) is 0 Å². The van der Waals surface area contributed by atoms with Crippen LogP contribution in [0.25, 0.3) is 22.0 Å². The van der Waals surface area contributed by atoms with E-state index in [0.717, 1.165) is 5.56 Å². The van der Waals surface area contributed by atoms with Crippen molar-refractivity contribution in [3.8, 4) is 22.0 Å². The topological polar surface area (TPSA) is 111 Å². The van der Waals surface area contributed by atoms with Crippen molar-refractivity contribution >= 4 is 22.9 Å². The van der Waals surface area contributed by atoms with E-state index in [1.807, 2.05) is 12.1 Å². The number of hydrogen-bond donors (Lipinski definition) is 2. The normalized spacial score (nSPS) is 11.0. The summed E-state index contributed by atoms with van der Waals surface area (Å²) in [5, 5.41) is 16.4. The number of alkyl halides is 1. The fraction of sp³-hybridized carbons (Fsp3) is 0.211. The minimum Gasteiger partial charge on any atom is -0.377 e. The van der Waals surface area contributed by atoms with Crippen molar-refractivity contribution in [2.75, 3.05) is 25.2 Å². The highest BCUT2D eigenvalue weighted by atomic mass is 32.1.